The molecule has 0 amide bonds. The van der Waals surface area contributed by atoms with Crippen molar-refractivity contribution < 1.29 is 13.2 Å². The second-order valence-corrected chi connectivity index (χ2v) is 8.71. The van der Waals surface area contributed by atoms with E-state index in [4.69, 9.17) is 17.0 Å². The van der Waals surface area contributed by atoms with Crippen LogP contribution < -0.4 is 4.90 Å². The molecule has 1 aliphatic heterocycles. The van der Waals surface area contributed by atoms with Crippen LogP contribution >= 0.6 is 12.2 Å². The zero-order chi connectivity index (χ0) is 17.6. The van der Waals surface area contributed by atoms with Crippen LogP contribution in [0.5, 0.6) is 0 Å². The average molecular weight is 360 g/mol. The van der Waals surface area contributed by atoms with E-state index in [0.29, 0.717) is 10.6 Å². The van der Waals surface area contributed by atoms with Gasteiger partial charge in [0.1, 0.15) is 5.37 Å². The summed E-state index contributed by atoms with van der Waals surface area (Å²) in [5.74, 6) is 0. The third kappa shape index (κ3) is 3.66. The molecule has 2 nitrogen and oxygen atoms in total. The highest BCUT2D eigenvalue weighted by Gasteiger charge is 2.38. The molecule has 1 aromatic carbocycles. The van der Waals surface area contributed by atoms with Gasteiger partial charge in [-0.15, -0.1) is 0 Å². The molecule has 23 heavy (non-hydrogen) atoms. The van der Waals surface area contributed by atoms with Gasteiger partial charge in [0, 0.05) is 21.7 Å². The zero-order valence-corrected chi connectivity index (χ0v) is 15.0. The molecular weight excluding hydrogens is 341 g/mol. The van der Waals surface area contributed by atoms with Gasteiger partial charge in [0.2, 0.25) is 0 Å². The predicted octanol–water partition coefficient (Wildman–Crippen LogP) is 5.51. The summed E-state index contributed by atoms with van der Waals surface area (Å²) in [5.41, 5.74) is -0.582. The molecule has 0 saturated heterocycles. The van der Waals surface area contributed by atoms with Crippen LogP contribution in [-0.4, -0.2) is 10.2 Å². The number of benzene rings is 1. The quantitative estimate of drug-likeness (QED) is 0.704. The maximum atomic E-state index is 13.0. The number of nitrogens with one attached hydrogen (secondary N) is 1. The van der Waals surface area contributed by atoms with E-state index in [1.807, 2.05) is 27.7 Å². The number of anilines is 1. The number of hydrogen-bond donors (Lipinski definition) is 1. The lowest BCUT2D eigenvalue weighted by Gasteiger charge is -2.32. The normalized spacial score (nSPS) is 22.2. The van der Waals surface area contributed by atoms with E-state index >= 15 is 0 Å². The molecule has 0 aromatic heterocycles. The lowest BCUT2D eigenvalue weighted by Crippen LogP contribution is -2.42. The summed E-state index contributed by atoms with van der Waals surface area (Å²) in [4.78, 5) is 3.22. The smallest absolute Gasteiger partial charge is 0.329 e. The molecule has 7 heteroatoms. The van der Waals surface area contributed by atoms with E-state index in [-0.39, 0.29) is 5.41 Å². The molecule has 0 bridgehead atoms. The molecule has 0 aliphatic carbocycles. The fourth-order valence-corrected chi connectivity index (χ4v) is 4.23. The van der Waals surface area contributed by atoms with E-state index < -0.39 is 27.8 Å². The zero-order valence-electron chi connectivity index (χ0n) is 13.4. The number of hydrogen-bond acceptors (Lipinski definition) is 3. The first-order valence-electron chi connectivity index (χ1n) is 7.05. The van der Waals surface area contributed by atoms with Crippen molar-refractivity contribution >= 4 is 33.5 Å². The lowest BCUT2D eigenvalue weighted by molar-refractivity contribution is -0.137. The minimum Gasteiger partial charge on any atom is -0.329 e. The Kier molecular flexibility index (Phi) is 4.74. The fraction of sp³-hybridized carbons (Fsp3) is 0.438. The topological polar surface area (TPSA) is 27.1 Å². The summed E-state index contributed by atoms with van der Waals surface area (Å²) in [7, 11) is -0.876. The fourth-order valence-electron chi connectivity index (χ4n) is 2.27. The van der Waals surface area contributed by atoms with E-state index in [2.05, 4.69) is 0 Å². The molecule has 1 N–H and O–H groups in total. The van der Waals surface area contributed by atoms with Crippen LogP contribution in [0.25, 0.3) is 0 Å². The highest BCUT2D eigenvalue weighted by molar-refractivity contribution is 7.93. The van der Waals surface area contributed by atoms with Crippen LogP contribution in [0.1, 0.15) is 33.3 Å². The number of rotatable bonds is 2. The van der Waals surface area contributed by atoms with Gasteiger partial charge in [0.25, 0.3) is 0 Å². The van der Waals surface area contributed by atoms with Gasteiger partial charge >= 0.3 is 6.18 Å². The van der Waals surface area contributed by atoms with E-state index in [9.17, 15) is 13.2 Å². The van der Waals surface area contributed by atoms with Crippen molar-refractivity contribution in [2.75, 3.05) is 4.90 Å². The van der Waals surface area contributed by atoms with Gasteiger partial charge in [-0.05, 0) is 41.2 Å². The third-order valence-corrected chi connectivity index (χ3v) is 6.27. The average Bonchev–Trinajstić information content (AvgIpc) is 2.72. The van der Waals surface area contributed by atoms with Gasteiger partial charge < -0.3 is 4.90 Å². The molecule has 0 fully saturated rings. The number of thiocarbonyl (C=S) groups is 1. The standard InChI is InChI=1S/C16H19F3N2S2/c1-10-9-21(14(23(10)20)13(22)15(2,3)4)12-7-5-6-11(8-12)16(17,18)19/h5-9,14,20H,1-4H3. The minimum absolute atomic E-state index is 0.301. The van der Waals surface area contributed by atoms with Gasteiger partial charge in [-0.2, -0.15) is 13.2 Å². The van der Waals surface area contributed by atoms with Crippen LogP contribution in [0, 0.1) is 10.2 Å². The second kappa shape index (κ2) is 6.02. The van der Waals surface area contributed by atoms with Crippen molar-refractivity contribution in [3.63, 3.8) is 0 Å². The van der Waals surface area contributed by atoms with Crippen LogP contribution in [0.2, 0.25) is 0 Å². The van der Waals surface area contributed by atoms with Gasteiger partial charge in [-0.3, -0.25) is 4.78 Å². The molecule has 2 unspecified atom stereocenters. The van der Waals surface area contributed by atoms with Gasteiger partial charge in [0.15, 0.2) is 0 Å². The molecule has 1 aromatic rings. The summed E-state index contributed by atoms with van der Waals surface area (Å²) >= 11 is 5.55. The lowest BCUT2D eigenvalue weighted by atomic mass is 9.91. The Morgan fingerprint density at radius 1 is 1.26 bits per heavy atom. The van der Waals surface area contributed by atoms with E-state index in [0.717, 1.165) is 17.0 Å². The Hall–Kier alpha value is -1.21. The Labute approximate surface area is 142 Å². The number of nitrogens with zero attached hydrogens (tertiary/aromatic N) is 1. The highest BCUT2D eigenvalue weighted by atomic mass is 32.2. The molecule has 2 atom stereocenters. The number of allylic oxidation sites excluding steroid dienone is 1. The number of alkyl halides is 3. The number of halogens is 3. The highest BCUT2D eigenvalue weighted by Crippen LogP contribution is 2.37. The van der Waals surface area contributed by atoms with Crippen molar-refractivity contribution in [2.45, 2.75) is 39.2 Å². The molecule has 1 aliphatic rings. The predicted molar refractivity (Wildman–Crippen MR) is 93.6 cm³/mol. The van der Waals surface area contributed by atoms with Gasteiger partial charge in [-0.25, -0.2) is 0 Å². The maximum absolute atomic E-state index is 13.0. The summed E-state index contributed by atoms with van der Waals surface area (Å²) in [6.45, 7) is 7.71. The molecule has 0 spiro atoms. The summed E-state index contributed by atoms with van der Waals surface area (Å²) in [6, 6.07) is 5.18. The van der Waals surface area contributed by atoms with Crippen molar-refractivity contribution in [1.29, 1.82) is 4.78 Å². The summed E-state index contributed by atoms with van der Waals surface area (Å²) in [6.07, 6.45) is -2.65. The second-order valence-electron chi connectivity index (χ2n) is 6.50. The first-order valence-corrected chi connectivity index (χ1v) is 8.75. The Balaban J connectivity index is 2.48. The van der Waals surface area contributed by atoms with Crippen LogP contribution in [0.15, 0.2) is 35.4 Å². The third-order valence-electron chi connectivity index (χ3n) is 3.58. The first kappa shape index (κ1) is 18.1. The molecule has 126 valence electrons. The molecule has 0 saturated carbocycles. The van der Waals surface area contributed by atoms with Crippen molar-refractivity contribution in [2.24, 2.45) is 5.41 Å². The van der Waals surface area contributed by atoms with Crippen molar-refractivity contribution in [1.82, 2.24) is 0 Å². The van der Waals surface area contributed by atoms with Gasteiger partial charge in [-0.1, -0.05) is 39.1 Å². The summed E-state index contributed by atoms with van der Waals surface area (Å²) < 4.78 is 47.2. The molecule has 0 radical (unpaired) electrons. The van der Waals surface area contributed by atoms with Crippen LogP contribution in [-0.2, 0) is 16.9 Å². The molecule has 2 rings (SSSR count). The Bertz CT molecular complexity index is 687. The Morgan fingerprint density at radius 3 is 2.39 bits per heavy atom. The van der Waals surface area contributed by atoms with Crippen LogP contribution in [0.4, 0.5) is 18.9 Å². The Morgan fingerprint density at radius 2 is 1.87 bits per heavy atom. The van der Waals surface area contributed by atoms with Crippen molar-refractivity contribution in [3.8, 4) is 0 Å². The molecular formula is C16H19F3N2S2. The summed E-state index contributed by atoms with van der Waals surface area (Å²) in [5, 5.41) is -0.409. The van der Waals surface area contributed by atoms with Crippen molar-refractivity contribution in [3.05, 3.63) is 40.9 Å². The van der Waals surface area contributed by atoms with Gasteiger partial charge in [0.05, 0.1) is 5.56 Å². The first-order chi connectivity index (χ1) is 10.4. The monoisotopic (exact) mass is 360 g/mol. The molecule has 1 heterocycles. The largest absolute Gasteiger partial charge is 0.416 e. The SMILES string of the molecule is CC1=CN(c2cccc(C(F)(F)F)c2)C(C(=S)C(C)(C)C)S1=N. The van der Waals surface area contributed by atoms with E-state index in [1.54, 1.807) is 17.2 Å². The maximum Gasteiger partial charge on any atom is 0.416 e. The minimum atomic E-state index is -4.39. The van der Waals surface area contributed by atoms with Crippen LogP contribution in [0.3, 0.4) is 0 Å². The van der Waals surface area contributed by atoms with E-state index in [1.165, 1.54) is 6.07 Å².